The van der Waals surface area contributed by atoms with Gasteiger partial charge in [0.2, 0.25) is 5.89 Å². The van der Waals surface area contributed by atoms with E-state index in [1.54, 1.807) is 0 Å². The molecule has 17 heavy (non-hydrogen) atoms. The molecule has 0 atom stereocenters. The summed E-state index contributed by atoms with van der Waals surface area (Å²) in [5, 5.41) is 3.11. The molecule has 1 aromatic heterocycles. The summed E-state index contributed by atoms with van der Waals surface area (Å²) in [6.07, 6.45) is -3.82. The molecule has 0 fully saturated rings. The van der Waals surface area contributed by atoms with Crippen molar-refractivity contribution >= 4 is 0 Å². The highest BCUT2D eigenvalue weighted by Crippen LogP contribution is 2.22. The number of aryl methyl sites for hydroxylation is 1. The fourth-order valence-electron chi connectivity index (χ4n) is 1.28. The Balaban J connectivity index is 2.32. The Hall–Kier alpha value is -1.04. The molecule has 0 aliphatic heterocycles. The zero-order valence-corrected chi connectivity index (χ0v) is 9.97. The summed E-state index contributed by atoms with van der Waals surface area (Å²) >= 11 is 0. The Morgan fingerprint density at radius 3 is 2.71 bits per heavy atom. The van der Waals surface area contributed by atoms with Crippen LogP contribution in [-0.4, -0.2) is 17.7 Å². The first-order valence-electron chi connectivity index (χ1n) is 5.58. The van der Waals surface area contributed by atoms with Crippen molar-refractivity contribution in [2.45, 2.75) is 39.4 Å². The van der Waals surface area contributed by atoms with E-state index in [9.17, 15) is 13.2 Å². The second kappa shape index (κ2) is 6.05. The van der Waals surface area contributed by atoms with Crippen molar-refractivity contribution < 1.29 is 17.6 Å². The van der Waals surface area contributed by atoms with Crippen LogP contribution in [0, 0.1) is 5.92 Å². The van der Waals surface area contributed by atoms with Crippen molar-refractivity contribution in [2.75, 3.05) is 6.54 Å². The van der Waals surface area contributed by atoms with E-state index in [1.165, 1.54) is 6.20 Å². The average Bonchev–Trinajstić information content (AvgIpc) is 2.61. The molecule has 0 spiro atoms. The maximum atomic E-state index is 12.0. The Bertz CT molecular complexity index is 334. The lowest BCUT2D eigenvalue weighted by molar-refractivity contribution is -0.134. The van der Waals surface area contributed by atoms with Gasteiger partial charge in [0.05, 0.1) is 19.2 Å². The van der Waals surface area contributed by atoms with Gasteiger partial charge in [-0.05, 0) is 12.5 Å². The van der Waals surface area contributed by atoms with Gasteiger partial charge in [-0.25, -0.2) is 4.98 Å². The molecule has 0 aliphatic carbocycles. The third kappa shape index (κ3) is 6.31. The summed E-state index contributed by atoms with van der Waals surface area (Å²) in [6.45, 7) is 5.40. The number of rotatable bonds is 6. The van der Waals surface area contributed by atoms with Crippen molar-refractivity contribution in [2.24, 2.45) is 5.92 Å². The van der Waals surface area contributed by atoms with Gasteiger partial charge in [-0.15, -0.1) is 0 Å². The number of oxazole rings is 1. The van der Waals surface area contributed by atoms with E-state index in [1.807, 2.05) is 0 Å². The summed E-state index contributed by atoms with van der Waals surface area (Å²) in [6, 6.07) is 0. The molecule has 0 aromatic carbocycles. The lowest BCUT2D eigenvalue weighted by Gasteiger charge is -2.04. The van der Waals surface area contributed by atoms with Crippen LogP contribution < -0.4 is 5.32 Å². The molecule has 0 bridgehead atoms. The minimum atomic E-state index is -4.15. The lowest BCUT2D eigenvalue weighted by atomic mass is 10.2. The number of halogens is 3. The number of nitrogens with one attached hydrogen (secondary N) is 1. The maximum absolute atomic E-state index is 12.0. The van der Waals surface area contributed by atoms with Crippen molar-refractivity contribution in [3.63, 3.8) is 0 Å². The first kappa shape index (κ1) is 14.0. The quantitative estimate of drug-likeness (QED) is 0.843. The maximum Gasteiger partial charge on any atom is 0.389 e. The van der Waals surface area contributed by atoms with E-state index in [-0.39, 0.29) is 12.2 Å². The Labute approximate surface area is 98.4 Å². The normalized spacial score (nSPS) is 12.4. The van der Waals surface area contributed by atoms with Crippen LogP contribution in [0.4, 0.5) is 13.2 Å². The number of hydrogen-bond acceptors (Lipinski definition) is 3. The van der Waals surface area contributed by atoms with Crippen LogP contribution in [0.2, 0.25) is 0 Å². The van der Waals surface area contributed by atoms with Crippen LogP contribution in [0.1, 0.15) is 31.9 Å². The third-order valence-electron chi connectivity index (χ3n) is 2.09. The van der Waals surface area contributed by atoms with Crippen LogP contribution in [-0.2, 0) is 13.0 Å². The SMILES string of the molecule is CC(C)CNCc1ncc(CCC(F)(F)F)o1. The molecular formula is C11H17F3N2O. The molecule has 0 saturated carbocycles. The van der Waals surface area contributed by atoms with Gasteiger partial charge in [0, 0.05) is 6.42 Å². The molecule has 0 radical (unpaired) electrons. The molecule has 1 rings (SSSR count). The smallest absolute Gasteiger partial charge is 0.389 e. The molecule has 3 nitrogen and oxygen atoms in total. The molecule has 6 heteroatoms. The van der Waals surface area contributed by atoms with Crippen molar-refractivity contribution in [3.8, 4) is 0 Å². The average molecular weight is 250 g/mol. The summed E-state index contributed by atoms with van der Waals surface area (Å²) in [7, 11) is 0. The Kier molecular flexibility index (Phi) is 4.99. The standard InChI is InChI=1S/C11H17F3N2O/c1-8(2)5-15-7-10-16-6-9(17-10)3-4-11(12,13)14/h6,8,15H,3-5,7H2,1-2H3. The molecule has 0 amide bonds. The Morgan fingerprint density at radius 1 is 1.41 bits per heavy atom. The van der Waals surface area contributed by atoms with Crippen LogP contribution in [0.3, 0.4) is 0 Å². The van der Waals surface area contributed by atoms with E-state index < -0.39 is 12.6 Å². The van der Waals surface area contributed by atoms with Crippen LogP contribution in [0.15, 0.2) is 10.6 Å². The number of nitrogens with zero attached hydrogens (tertiary/aromatic N) is 1. The van der Waals surface area contributed by atoms with Gasteiger partial charge in [0.25, 0.3) is 0 Å². The van der Waals surface area contributed by atoms with E-state index in [0.717, 1.165) is 6.54 Å². The van der Waals surface area contributed by atoms with Crippen LogP contribution >= 0.6 is 0 Å². The van der Waals surface area contributed by atoms with Crippen molar-refractivity contribution in [3.05, 3.63) is 17.8 Å². The zero-order valence-electron chi connectivity index (χ0n) is 9.97. The fourth-order valence-corrected chi connectivity index (χ4v) is 1.28. The molecule has 0 aliphatic rings. The zero-order chi connectivity index (χ0) is 12.9. The predicted molar refractivity (Wildman–Crippen MR) is 57.4 cm³/mol. The van der Waals surface area contributed by atoms with Crippen LogP contribution in [0.5, 0.6) is 0 Å². The highest BCUT2D eigenvalue weighted by atomic mass is 19.4. The van der Waals surface area contributed by atoms with E-state index >= 15 is 0 Å². The molecular weight excluding hydrogens is 233 g/mol. The second-order valence-electron chi connectivity index (χ2n) is 4.36. The minimum Gasteiger partial charge on any atom is -0.444 e. The molecule has 1 aromatic rings. The summed E-state index contributed by atoms with van der Waals surface area (Å²) in [4.78, 5) is 3.92. The summed E-state index contributed by atoms with van der Waals surface area (Å²) in [5.41, 5.74) is 0. The van der Waals surface area contributed by atoms with E-state index in [4.69, 9.17) is 4.42 Å². The number of aromatic nitrogens is 1. The predicted octanol–water partition coefficient (Wildman–Crippen LogP) is 2.92. The monoisotopic (exact) mass is 250 g/mol. The first-order valence-corrected chi connectivity index (χ1v) is 5.58. The molecule has 1 N–H and O–H groups in total. The topological polar surface area (TPSA) is 38.1 Å². The van der Waals surface area contributed by atoms with Crippen molar-refractivity contribution in [1.82, 2.24) is 10.3 Å². The van der Waals surface area contributed by atoms with E-state index in [2.05, 4.69) is 24.1 Å². The third-order valence-corrected chi connectivity index (χ3v) is 2.09. The highest BCUT2D eigenvalue weighted by Gasteiger charge is 2.27. The van der Waals surface area contributed by atoms with Gasteiger partial charge < -0.3 is 9.73 Å². The molecule has 0 unspecified atom stereocenters. The van der Waals surface area contributed by atoms with Gasteiger partial charge in [-0.2, -0.15) is 13.2 Å². The van der Waals surface area contributed by atoms with Gasteiger partial charge in [0.1, 0.15) is 5.76 Å². The van der Waals surface area contributed by atoms with Crippen LogP contribution in [0.25, 0.3) is 0 Å². The summed E-state index contributed by atoms with van der Waals surface area (Å²) < 4.78 is 41.1. The molecule has 0 saturated heterocycles. The second-order valence-corrected chi connectivity index (χ2v) is 4.36. The highest BCUT2D eigenvalue weighted by molar-refractivity contribution is 4.94. The van der Waals surface area contributed by atoms with Gasteiger partial charge >= 0.3 is 6.18 Å². The number of hydrogen-bond donors (Lipinski definition) is 1. The first-order chi connectivity index (χ1) is 7.87. The van der Waals surface area contributed by atoms with Gasteiger partial charge in [-0.1, -0.05) is 13.8 Å². The van der Waals surface area contributed by atoms with Gasteiger partial charge in [-0.3, -0.25) is 0 Å². The lowest BCUT2D eigenvalue weighted by Crippen LogP contribution is -2.19. The van der Waals surface area contributed by atoms with E-state index in [0.29, 0.717) is 18.4 Å². The summed E-state index contributed by atoms with van der Waals surface area (Å²) in [5.74, 6) is 1.22. The van der Waals surface area contributed by atoms with Gasteiger partial charge in [0.15, 0.2) is 0 Å². The largest absolute Gasteiger partial charge is 0.444 e. The molecule has 1 heterocycles. The number of alkyl halides is 3. The fraction of sp³-hybridized carbons (Fsp3) is 0.727. The van der Waals surface area contributed by atoms with Crippen molar-refractivity contribution in [1.29, 1.82) is 0 Å². The minimum absolute atomic E-state index is 0.152. The molecule has 98 valence electrons. The Morgan fingerprint density at radius 2 is 2.12 bits per heavy atom.